The average molecular weight is 451 g/mol. The van der Waals surface area contributed by atoms with Crippen molar-refractivity contribution in [2.24, 2.45) is 0 Å². The van der Waals surface area contributed by atoms with Gasteiger partial charge >= 0.3 is 6.03 Å². The van der Waals surface area contributed by atoms with Gasteiger partial charge in [0.2, 0.25) is 0 Å². The average Bonchev–Trinajstić information content (AvgIpc) is 3.15. The minimum absolute atomic E-state index is 0.00302. The molecule has 0 fully saturated rings. The van der Waals surface area contributed by atoms with Crippen molar-refractivity contribution in [2.45, 2.75) is 39.4 Å². The molecule has 0 bridgehead atoms. The molecule has 0 saturated heterocycles. The van der Waals surface area contributed by atoms with Gasteiger partial charge in [-0.2, -0.15) is 0 Å². The number of pyridine rings is 1. The maximum atomic E-state index is 12.6. The van der Waals surface area contributed by atoms with Crippen LogP contribution in [0.15, 0.2) is 48.7 Å². The minimum Gasteiger partial charge on any atom is -0.350 e. The Kier molecular flexibility index (Phi) is 6.77. The summed E-state index contributed by atoms with van der Waals surface area (Å²) in [7, 11) is 0. The minimum atomic E-state index is -0.425. The summed E-state index contributed by atoms with van der Waals surface area (Å²) >= 11 is 1.48. The second-order valence-electron chi connectivity index (χ2n) is 7.92. The molecule has 1 aliphatic heterocycles. The highest BCUT2D eigenvalue weighted by Gasteiger charge is 2.22. The van der Waals surface area contributed by atoms with Crippen LogP contribution in [0, 0.1) is 0 Å². The van der Waals surface area contributed by atoms with E-state index in [1.54, 1.807) is 24.3 Å². The van der Waals surface area contributed by atoms with Crippen molar-refractivity contribution in [1.82, 2.24) is 20.2 Å². The van der Waals surface area contributed by atoms with E-state index >= 15 is 0 Å². The quantitative estimate of drug-likeness (QED) is 0.529. The van der Waals surface area contributed by atoms with Crippen LogP contribution in [0.2, 0.25) is 0 Å². The maximum Gasteiger partial charge on any atom is 0.325 e. The van der Waals surface area contributed by atoms with E-state index < -0.39 is 6.03 Å². The second-order valence-corrected chi connectivity index (χ2v) is 9.01. The molecule has 1 aliphatic rings. The molecule has 0 spiro atoms. The Labute approximate surface area is 191 Å². The van der Waals surface area contributed by atoms with Gasteiger partial charge in [0.25, 0.3) is 5.91 Å². The van der Waals surface area contributed by atoms with Gasteiger partial charge in [-0.15, -0.1) is 11.3 Å². The molecule has 0 aliphatic carbocycles. The van der Waals surface area contributed by atoms with Crippen LogP contribution in [0.3, 0.4) is 0 Å². The molecule has 4 rings (SSSR count). The molecule has 0 unspecified atom stereocenters. The van der Waals surface area contributed by atoms with Crippen molar-refractivity contribution in [1.29, 1.82) is 0 Å². The molecule has 0 saturated carbocycles. The Balaban J connectivity index is 1.38. The van der Waals surface area contributed by atoms with Gasteiger partial charge in [-0.05, 0) is 38.1 Å². The number of fused-ring (bicyclic) bond motifs is 1. The largest absolute Gasteiger partial charge is 0.350 e. The fourth-order valence-electron chi connectivity index (χ4n) is 3.54. The van der Waals surface area contributed by atoms with Crippen molar-refractivity contribution in [3.63, 3.8) is 0 Å². The van der Waals surface area contributed by atoms with E-state index in [0.717, 1.165) is 42.3 Å². The first-order chi connectivity index (χ1) is 15.5. The number of nitrogens with zero attached hydrogens (tertiary/aromatic N) is 3. The zero-order chi connectivity index (χ0) is 22.5. The molecule has 0 radical (unpaired) electrons. The predicted octanol–water partition coefficient (Wildman–Crippen LogP) is 3.88. The van der Waals surface area contributed by atoms with Gasteiger partial charge in [-0.1, -0.05) is 18.2 Å². The van der Waals surface area contributed by atoms with Crippen LogP contribution in [0.4, 0.5) is 15.6 Å². The predicted molar refractivity (Wildman–Crippen MR) is 126 cm³/mol. The number of para-hydroxylation sites is 1. The molecule has 3 aromatic rings. The molecule has 0 atom stereocenters. The first kappa shape index (κ1) is 21.9. The summed E-state index contributed by atoms with van der Waals surface area (Å²) in [5.41, 5.74) is 2.93. The van der Waals surface area contributed by atoms with Crippen molar-refractivity contribution in [3.8, 4) is 0 Å². The Morgan fingerprint density at radius 1 is 1.12 bits per heavy atom. The Hall–Kier alpha value is -3.30. The van der Waals surface area contributed by atoms with Crippen LogP contribution >= 0.6 is 11.3 Å². The smallest absolute Gasteiger partial charge is 0.325 e. The number of hydrogen-bond acceptors (Lipinski definition) is 6. The molecular formula is C23H26N6O2S. The molecule has 2 aromatic heterocycles. The first-order valence-corrected chi connectivity index (χ1v) is 11.4. The lowest BCUT2D eigenvalue weighted by atomic mass is 10.1. The number of nitrogens with one attached hydrogen (secondary N) is 3. The third kappa shape index (κ3) is 5.49. The van der Waals surface area contributed by atoms with E-state index in [4.69, 9.17) is 0 Å². The summed E-state index contributed by atoms with van der Waals surface area (Å²) in [4.78, 5) is 37.5. The number of carbonyl (C=O) groups is 2. The van der Waals surface area contributed by atoms with Crippen molar-refractivity contribution in [3.05, 3.63) is 70.5 Å². The van der Waals surface area contributed by atoms with Gasteiger partial charge in [-0.25, -0.2) is 9.78 Å². The van der Waals surface area contributed by atoms with Crippen LogP contribution in [0.5, 0.6) is 0 Å². The van der Waals surface area contributed by atoms with Gasteiger partial charge in [0.1, 0.15) is 0 Å². The fraction of sp³-hybridized carbons (Fsp3) is 0.304. The molecule has 1 aromatic carbocycles. The van der Waals surface area contributed by atoms with Crippen molar-refractivity contribution in [2.75, 3.05) is 17.2 Å². The summed E-state index contributed by atoms with van der Waals surface area (Å²) in [6, 6.07) is 12.5. The number of aromatic nitrogens is 2. The molecule has 9 heteroatoms. The lowest BCUT2D eigenvalue weighted by Gasteiger charge is -2.25. The van der Waals surface area contributed by atoms with Gasteiger partial charge in [0, 0.05) is 43.2 Å². The Morgan fingerprint density at radius 3 is 2.72 bits per heavy atom. The van der Waals surface area contributed by atoms with Crippen LogP contribution in [-0.4, -0.2) is 39.4 Å². The van der Waals surface area contributed by atoms with Gasteiger partial charge in [0.15, 0.2) is 5.13 Å². The van der Waals surface area contributed by atoms with Crippen LogP contribution in [0.25, 0.3) is 0 Å². The van der Waals surface area contributed by atoms with E-state index in [1.807, 2.05) is 38.2 Å². The summed E-state index contributed by atoms with van der Waals surface area (Å²) in [5, 5.41) is 8.98. The summed E-state index contributed by atoms with van der Waals surface area (Å²) in [6.07, 6.45) is 2.64. The van der Waals surface area contributed by atoms with E-state index in [9.17, 15) is 9.59 Å². The van der Waals surface area contributed by atoms with E-state index in [0.29, 0.717) is 16.4 Å². The van der Waals surface area contributed by atoms with E-state index in [2.05, 4.69) is 30.8 Å². The summed E-state index contributed by atoms with van der Waals surface area (Å²) in [5.74, 6) is -0.228. The third-order valence-corrected chi connectivity index (χ3v) is 5.98. The number of carbonyl (C=O) groups excluding carboxylic acids is 2. The molecule has 3 N–H and O–H groups in total. The maximum absolute atomic E-state index is 12.6. The lowest BCUT2D eigenvalue weighted by molar-refractivity contribution is 0.0944. The highest BCUT2D eigenvalue weighted by Crippen LogP contribution is 2.29. The zero-order valence-electron chi connectivity index (χ0n) is 18.1. The summed E-state index contributed by atoms with van der Waals surface area (Å²) < 4.78 is 0. The molecule has 8 nitrogen and oxygen atoms in total. The Bertz CT molecular complexity index is 1100. The van der Waals surface area contributed by atoms with Crippen LogP contribution in [0.1, 0.15) is 40.5 Å². The number of hydrogen-bond donors (Lipinski definition) is 3. The van der Waals surface area contributed by atoms with Crippen LogP contribution < -0.4 is 16.0 Å². The molecule has 3 amide bonds. The fourth-order valence-corrected chi connectivity index (χ4v) is 4.58. The highest BCUT2D eigenvalue weighted by molar-refractivity contribution is 7.15. The lowest BCUT2D eigenvalue weighted by Crippen LogP contribution is -2.31. The molecular weight excluding hydrogens is 424 g/mol. The third-order valence-electron chi connectivity index (χ3n) is 4.98. The van der Waals surface area contributed by atoms with Crippen molar-refractivity contribution < 1.29 is 9.59 Å². The highest BCUT2D eigenvalue weighted by atomic mass is 32.1. The molecule has 3 heterocycles. The molecule has 166 valence electrons. The second kappa shape index (κ2) is 9.88. The topological polar surface area (TPSA) is 99.2 Å². The number of thiazole rings is 1. The normalized spacial score (nSPS) is 13.5. The SMILES string of the molecule is CC(C)NC(=O)c1ccccc1NC(=O)Nc1nc2c(s1)CN(Cc1ccccn1)CC2. The van der Waals surface area contributed by atoms with E-state index in [-0.39, 0.29) is 11.9 Å². The zero-order valence-corrected chi connectivity index (χ0v) is 18.9. The van der Waals surface area contributed by atoms with Crippen molar-refractivity contribution >= 4 is 34.1 Å². The number of rotatable bonds is 6. The standard InChI is InChI=1S/C23H26N6O2S/c1-15(2)25-21(30)17-8-3-4-9-18(17)26-22(31)28-23-27-19-10-12-29(14-20(19)32-23)13-16-7-5-6-11-24-16/h3-9,11,15H,10,12-14H2,1-2H3,(H,25,30)(H2,26,27,28,31). The van der Waals surface area contributed by atoms with Crippen LogP contribution in [-0.2, 0) is 19.5 Å². The first-order valence-electron chi connectivity index (χ1n) is 10.6. The number of anilines is 2. The van der Waals surface area contributed by atoms with E-state index in [1.165, 1.54) is 11.3 Å². The number of amides is 3. The Morgan fingerprint density at radius 2 is 1.94 bits per heavy atom. The number of urea groups is 1. The summed E-state index contributed by atoms with van der Waals surface area (Å²) in [6.45, 7) is 6.25. The van der Waals surface area contributed by atoms with Gasteiger partial charge in [0.05, 0.1) is 22.6 Å². The van der Waals surface area contributed by atoms with Gasteiger partial charge < -0.3 is 10.6 Å². The number of benzene rings is 1. The molecule has 32 heavy (non-hydrogen) atoms. The monoisotopic (exact) mass is 450 g/mol. The van der Waals surface area contributed by atoms with Gasteiger partial charge in [-0.3, -0.25) is 20.0 Å².